The van der Waals surface area contributed by atoms with Gasteiger partial charge in [0, 0.05) is 0 Å². The third-order valence-corrected chi connectivity index (χ3v) is 2.71. The Morgan fingerprint density at radius 2 is 1.94 bits per heavy atom. The molecule has 1 aromatic heterocycles. The molecule has 1 aromatic rings. The zero-order valence-corrected chi connectivity index (χ0v) is 12.0. The van der Waals surface area contributed by atoms with Crippen LogP contribution >= 0.6 is 0 Å². The second-order valence-electron chi connectivity index (χ2n) is 3.95. The molecule has 0 bridgehead atoms. The highest BCUT2D eigenvalue weighted by Crippen LogP contribution is 2.00. The molecule has 0 atom stereocenters. The highest BCUT2D eigenvalue weighted by Gasteiger charge is 1.97. The van der Waals surface area contributed by atoms with Crippen LogP contribution < -0.4 is 4.57 Å². The van der Waals surface area contributed by atoms with E-state index in [1.165, 1.54) is 32.2 Å². The second-order valence-corrected chi connectivity index (χ2v) is 5.10. The van der Waals surface area contributed by atoms with Gasteiger partial charge in [-0.3, -0.25) is 4.18 Å². The highest BCUT2D eigenvalue weighted by molar-refractivity contribution is 7.80. The van der Waals surface area contributed by atoms with Gasteiger partial charge in [0.2, 0.25) is 16.7 Å². The maximum absolute atomic E-state index is 9.22. The molecule has 0 fully saturated rings. The Kier molecular flexibility index (Phi) is 8.61. The van der Waals surface area contributed by atoms with E-state index in [0.29, 0.717) is 0 Å². The Labute approximate surface area is 109 Å². The Balaban J connectivity index is 0.000000411. The predicted octanol–water partition coefficient (Wildman–Crippen LogP) is 0.986. The van der Waals surface area contributed by atoms with Crippen LogP contribution in [-0.4, -0.2) is 24.6 Å². The molecule has 0 aliphatic carbocycles. The molecule has 0 N–H and O–H groups in total. The summed E-state index contributed by atoms with van der Waals surface area (Å²) in [6.45, 7) is 3.41. The largest absolute Gasteiger partial charge is 0.726 e. The van der Waals surface area contributed by atoms with Crippen LogP contribution in [0.5, 0.6) is 0 Å². The van der Waals surface area contributed by atoms with Gasteiger partial charge in [0.25, 0.3) is 0 Å². The molecule has 0 aliphatic rings. The maximum atomic E-state index is 9.22. The SMILES string of the molecule is CCCCCCn1cc[n+](C)c1.COS(=O)(=O)[O-]. The average Bonchev–Trinajstić information content (AvgIpc) is 2.71. The molecule has 0 saturated heterocycles. The fourth-order valence-corrected chi connectivity index (χ4v) is 1.36. The number of nitrogens with zero attached hydrogens (tertiary/aromatic N) is 2. The van der Waals surface area contributed by atoms with E-state index in [-0.39, 0.29) is 0 Å². The van der Waals surface area contributed by atoms with E-state index >= 15 is 0 Å². The summed E-state index contributed by atoms with van der Waals surface area (Å²) in [6.07, 6.45) is 11.7. The third-order valence-electron chi connectivity index (χ3n) is 2.30. The van der Waals surface area contributed by atoms with Gasteiger partial charge in [-0.15, -0.1) is 0 Å². The predicted molar refractivity (Wildman–Crippen MR) is 66.5 cm³/mol. The molecule has 106 valence electrons. The first-order valence-corrected chi connectivity index (χ1v) is 7.24. The van der Waals surface area contributed by atoms with Crippen LogP contribution in [0.3, 0.4) is 0 Å². The Bertz CT molecular complexity index is 414. The van der Waals surface area contributed by atoms with E-state index in [0.717, 1.165) is 7.11 Å². The molecule has 0 aliphatic heterocycles. The van der Waals surface area contributed by atoms with Crippen LogP contribution in [0.1, 0.15) is 32.6 Å². The number of imidazole rings is 1. The zero-order chi connectivity index (χ0) is 14.0. The Morgan fingerprint density at radius 1 is 1.33 bits per heavy atom. The van der Waals surface area contributed by atoms with Gasteiger partial charge in [0.05, 0.1) is 20.7 Å². The molecule has 0 aromatic carbocycles. The topological polar surface area (TPSA) is 75.2 Å². The number of hydrogen-bond donors (Lipinski definition) is 0. The van der Waals surface area contributed by atoms with Crippen LogP contribution in [0.15, 0.2) is 18.7 Å². The number of aryl methyl sites for hydroxylation is 2. The fraction of sp³-hybridized carbons (Fsp3) is 0.727. The van der Waals surface area contributed by atoms with Crippen molar-refractivity contribution >= 4 is 10.4 Å². The Morgan fingerprint density at radius 3 is 2.33 bits per heavy atom. The molecular formula is C11H22N2O4S. The van der Waals surface area contributed by atoms with Gasteiger partial charge in [-0.25, -0.2) is 17.6 Å². The van der Waals surface area contributed by atoms with Crippen LogP contribution in [-0.2, 0) is 28.2 Å². The van der Waals surface area contributed by atoms with Crippen molar-refractivity contribution < 1.29 is 21.7 Å². The van der Waals surface area contributed by atoms with E-state index in [9.17, 15) is 13.0 Å². The monoisotopic (exact) mass is 278 g/mol. The lowest BCUT2D eigenvalue weighted by molar-refractivity contribution is -0.671. The van der Waals surface area contributed by atoms with Crippen molar-refractivity contribution in [1.29, 1.82) is 0 Å². The summed E-state index contributed by atoms with van der Waals surface area (Å²) >= 11 is 0. The minimum Gasteiger partial charge on any atom is -0.726 e. The van der Waals surface area contributed by atoms with Gasteiger partial charge in [0.15, 0.2) is 0 Å². The van der Waals surface area contributed by atoms with E-state index in [2.05, 4.69) is 46.0 Å². The summed E-state index contributed by atoms with van der Waals surface area (Å²) in [6, 6.07) is 0. The number of unbranched alkanes of at least 4 members (excludes halogenated alkanes) is 3. The first-order valence-electron chi connectivity index (χ1n) is 5.91. The van der Waals surface area contributed by atoms with Crippen molar-refractivity contribution in [3.63, 3.8) is 0 Å². The van der Waals surface area contributed by atoms with Crippen molar-refractivity contribution in [2.24, 2.45) is 7.05 Å². The summed E-state index contributed by atoms with van der Waals surface area (Å²) in [5.41, 5.74) is 0. The lowest BCUT2D eigenvalue weighted by atomic mass is 10.2. The fourth-order valence-electron chi connectivity index (χ4n) is 1.36. The van der Waals surface area contributed by atoms with Gasteiger partial charge < -0.3 is 4.55 Å². The molecule has 0 saturated carbocycles. The second kappa shape index (κ2) is 9.07. The summed E-state index contributed by atoms with van der Waals surface area (Å²) in [5.74, 6) is 0. The van der Waals surface area contributed by atoms with E-state index in [4.69, 9.17) is 0 Å². The van der Waals surface area contributed by atoms with Crippen molar-refractivity contribution in [3.8, 4) is 0 Å². The molecular weight excluding hydrogens is 256 g/mol. The van der Waals surface area contributed by atoms with Crippen molar-refractivity contribution in [3.05, 3.63) is 18.7 Å². The summed E-state index contributed by atoms with van der Waals surface area (Å²) in [7, 11) is -1.55. The van der Waals surface area contributed by atoms with Crippen molar-refractivity contribution in [2.45, 2.75) is 39.2 Å². The number of hydrogen-bond acceptors (Lipinski definition) is 4. The van der Waals surface area contributed by atoms with Crippen molar-refractivity contribution in [1.82, 2.24) is 4.57 Å². The minimum atomic E-state index is -4.41. The summed E-state index contributed by atoms with van der Waals surface area (Å²) in [5, 5.41) is 0. The number of rotatable bonds is 6. The van der Waals surface area contributed by atoms with Crippen LogP contribution in [0.4, 0.5) is 0 Å². The maximum Gasteiger partial charge on any atom is 0.243 e. The average molecular weight is 278 g/mol. The molecule has 6 nitrogen and oxygen atoms in total. The normalized spacial score (nSPS) is 10.9. The molecule has 0 spiro atoms. The van der Waals surface area contributed by atoms with Gasteiger partial charge in [-0.05, 0) is 12.8 Å². The first kappa shape index (κ1) is 17.1. The lowest BCUT2D eigenvalue weighted by Crippen LogP contribution is -2.23. The zero-order valence-electron chi connectivity index (χ0n) is 11.2. The van der Waals surface area contributed by atoms with Gasteiger partial charge in [-0.1, -0.05) is 19.8 Å². The molecule has 1 heterocycles. The van der Waals surface area contributed by atoms with Gasteiger partial charge in [0.1, 0.15) is 12.4 Å². The molecule has 7 heteroatoms. The number of aromatic nitrogens is 2. The molecule has 0 amide bonds. The Hall–Kier alpha value is -0.920. The highest BCUT2D eigenvalue weighted by atomic mass is 32.3. The van der Waals surface area contributed by atoms with Crippen LogP contribution in [0.25, 0.3) is 0 Å². The molecule has 0 radical (unpaired) electrons. The molecule has 1 rings (SSSR count). The van der Waals surface area contributed by atoms with Crippen LogP contribution in [0, 0.1) is 0 Å². The summed E-state index contributed by atoms with van der Waals surface area (Å²) in [4.78, 5) is 0. The van der Waals surface area contributed by atoms with Gasteiger partial charge in [-0.2, -0.15) is 0 Å². The first-order chi connectivity index (χ1) is 8.39. The van der Waals surface area contributed by atoms with Crippen LogP contribution in [0.2, 0.25) is 0 Å². The molecule has 0 unspecified atom stereocenters. The standard InChI is InChI=1S/C10H19N2.CH4O4S/c1-3-4-5-6-7-12-9-8-11(2)10-12;1-5-6(2,3)4/h8-10H,3-7H2,1-2H3;1H3,(H,2,3,4)/q+1;/p-1. The van der Waals surface area contributed by atoms with E-state index < -0.39 is 10.4 Å². The lowest BCUT2D eigenvalue weighted by Gasteiger charge is -1.98. The van der Waals surface area contributed by atoms with E-state index in [1.54, 1.807) is 0 Å². The summed E-state index contributed by atoms with van der Waals surface area (Å²) < 4.78 is 35.3. The van der Waals surface area contributed by atoms with E-state index in [1.807, 2.05) is 0 Å². The minimum absolute atomic E-state index is 0.808. The molecule has 18 heavy (non-hydrogen) atoms. The smallest absolute Gasteiger partial charge is 0.243 e. The third kappa shape index (κ3) is 10.2. The quantitative estimate of drug-likeness (QED) is 0.336. The van der Waals surface area contributed by atoms with Gasteiger partial charge >= 0.3 is 0 Å². The van der Waals surface area contributed by atoms with Crippen molar-refractivity contribution in [2.75, 3.05) is 7.11 Å².